The first-order valence-corrected chi connectivity index (χ1v) is 7.89. The van der Waals surface area contributed by atoms with Gasteiger partial charge in [-0.15, -0.1) is 0 Å². The summed E-state index contributed by atoms with van der Waals surface area (Å²) in [5.41, 5.74) is 0. The van der Waals surface area contributed by atoms with Gasteiger partial charge in [-0.1, -0.05) is 20.8 Å². The Morgan fingerprint density at radius 2 is 1.20 bits per heavy atom. The maximum absolute atomic E-state index is 11.7. The zero-order chi connectivity index (χ0) is 19.1. The normalized spacial score (nSPS) is 28.7. The van der Waals surface area contributed by atoms with Crippen molar-refractivity contribution in [1.29, 1.82) is 0 Å². The van der Waals surface area contributed by atoms with Crippen LogP contribution in [0.25, 0.3) is 0 Å². The van der Waals surface area contributed by atoms with Crippen molar-refractivity contribution in [3.8, 4) is 0 Å². The van der Waals surface area contributed by atoms with E-state index in [2.05, 4.69) is 0 Å². The Morgan fingerprint density at radius 1 is 0.800 bits per heavy atom. The largest absolute Gasteiger partial charge is 0.479 e. The van der Waals surface area contributed by atoms with E-state index in [0.29, 0.717) is 0 Å². The number of carbonyl (C=O) groups excluding carboxylic acids is 3. The lowest BCUT2D eigenvalue weighted by atomic mass is 9.98. The summed E-state index contributed by atoms with van der Waals surface area (Å²) in [6, 6.07) is 0. The van der Waals surface area contributed by atoms with Crippen LogP contribution in [0.4, 0.5) is 0 Å². The molecule has 0 radical (unpaired) electrons. The molecule has 5 atom stereocenters. The SMILES string of the molecule is CCC(=O)O[C@H]1[C@H](OC(=O)CC)[C@@H](OC(=O)CC)C(O)O[C@@H]1C(=O)O. The molecule has 10 nitrogen and oxygen atoms in total. The lowest BCUT2D eigenvalue weighted by Crippen LogP contribution is -2.63. The number of esters is 3. The van der Waals surface area contributed by atoms with E-state index in [9.17, 15) is 29.4 Å². The summed E-state index contributed by atoms with van der Waals surface area (Å²) >= 11 is 0. The highest BCUT2D eigenvalue weighted by Gasteiger charge is 2.54. The molecule has 10 heteroatoms. The van der Waals surface area contributed by atoms with Crippen LogP contribution in [0, 0.1) is 0 Å². The van der Waals surface area contributed by atoms with Crippen LogP contribution < -0.4 is 0 Å². The van der Waals surface area contributed by atoms with Gasteiger partial charge < -0.3 is 29.2 Å². The number of carbonyl (C=O) groups is 4. The molecule has 1 aliphatic rings. The number of ether oxygens (including phenoxy) is 4. The van der Waals surface area contributed by atoms with Gasteiger partial charge in [-0.05, 0) is 0 Å². The van der Waals surface area contributed by atoms with Crippen LogP contribution >= 0.6 is 0 Å². The van der Waals surface area contributed by atoms with Crippen LogP contribution in [0.1, 0.15) is 40.0 Å². The molecule has 1 aliphatic heterocycles. The first kappa shape index (κ1) is 20.8. The highest BCUT2D eigenvalue weighted by molar-refractivity contribution is 5.76. The summed E-state index contributed by atoms with van der Waals surface area (Å²) in [7, 11) is 0. The Morgan fingerprint density at radius 3 is 1.60 bits per heavy atom. The molecule has 1 fully saturated rings. The second kappa shape index (κ2) is 9.33. The van der Waals surface area contributed by atoms with Crippen molar-refractivity contribution in [3.05, 3.63) is 0 Å². The molecule has 0 aromatic carbocycles. The van der Waals surface area contributed by atoms with Gasteiger partial charge in [0, 0.05) is 19.3 Å². The van der Waals surface area contributed by atoms with Crippen molar-refractivity contribution in [3.63, 3.8) is 0 Å². The Kier molecular flexibility index (Phi) is 7.78. The molecule has 0 aliphatic carbocycles. The monoisotopic (exact) mass is 362 g/mol. The first-order valence-electron chi connectivity index (χ1n) is 7.89. The average Bonchev–Trinajstić information content (AvgIpc) is 2.58. The van der Waals surface area contributed by atoms with E-state index >= 15 is 0 Å². The fraction of sp³-hybridized carbons (Fsp3) is 0.733. The van der Waals surface area contributed by atoms with Crippen LogP contribution in [0.3, 0.4) is 0 Å². The van der Waals surface area contributed by atoms with Crippen molar-refractivity contribution in [2.24, 2.45) is 0 Å². The lowest BCUT2D eigenvalue weighted by Gasteiger charge is -2.41. The minimum atomic E-state index is -1.87. The molecular weight excluding hydrogens is 340 g/mol. The Balaban J connectivity index is 3.22. The predicted octanol–water partition coefficient (Wildman–Crippen LogP) is -0.246. The number of aliphatic hydroxyl groups is 1. The number of aliphatic carboxylic acids is 1. The molecule has 25 heavy (non-hydrogen) atoms. The smallest absolute Gasteiger partial charge is 0.337 e. The van der Waals surface area contributed by atoms with E-state index in [1.165, 1.54) is 20.8 Å². The predicted molar refractivity (Wildman–Crippen MR) is 79.0 cm³/mol. The maximum Gasteiger partial charge on any atom is 0.337 e. The molecule has 0 spiro atoms. The van der Waals surface area contributed by atoms with Crippen molar-refractivity contribution in [1.82, 2.24) is 0 Å². The Hall–Kier alpha value is -2.20. The van der Waals surface area contributed by atoms with Crippen molar-refractivity contribution in [2.45, 2.75) is 70.7 Å². The molecule has 1 heterocycles. The quantitative estimate of drug-likeness (QED) is 0.459. The third-order valence-corrected chi connectivity index (χ3v) is 3.43. The minimum absolute atomic E-state index is 0.0422. The zero-order valence-electron chi connectivity index (χ0n) is 14.2. The number of hydrogen-bond acceptors (Lipinski definition) is 9. The molecule has 1 saturated heterocycles. The van der Waals surface area contributed by atoms with E-state index in [-0.39, 0.29) is 19.3 Å². The van der Waals surface area contributed by atoms with E-state index in [1.807, 2.05) is 0 Å². The summed E-state index contributed by atoms with van der Waals surface area (Å²) in [6.07, 6.45) is -8.48. The second-order valence-corrected chi connectivity index (χ2v) is 5.21. The maximum atomic E-state index is 11.7. The summed E-state index contributed by atoms with van der Waals surface area (Å²) < 4.78 is 20.1. The molecular formula is C15H22O10. The molecule has 1 rings (SSSR count). The second-order valence-electron chi connectivity index (χ2n) is 5.21. The Labute approximate surface area is 144 Å². The molecule has 0 bridgehead atoms. The van der Waals surface area contributed by atoms with E-state index in [4.69, 9.17) is 18.9 Å². The van der Waals surface area contributed by atoms with Crippen molar-refractivity contribution in [2.75, 3.05) is 0 Å². The van der Waals surface area contributed by atoms with Gasteiger partial charge in [0.15, 0.2) is 30.7 Å². The third kappa shape index (κ3) is 5.40. The number of carboxylic acid groups (broad SMARTS) is 1. The summed E-state index contributed by atoms with van der Waals surface area (Å²) in [5, 5.41) is 19.3. The molecule has 0 aromatic heterocycles. The zero-order valence-corrected chi connectivity index (χ0v) is 14.2. The van der Waals surface area contributed by atoms with Gasteiger partial charge in [0.05, 0.1) is 0 Å². The van der Waals surface area contributed by atoms with Gasteiger partial charge in [0.2, 0.25) is 0 Å². The number of rotatable bonds is 7. The summed E-state index contributed by atoms with van der Waals surface area (Å²) in [5.74, 6) is -3.79. The number of carboxylic acids is 1. The van der Waals surface area contributed by atoms with Crippen LogP contribution in [-0.4, -0.2) is 64.8 Å². The minimum Gasteiger partial charge on any atom is -0.479 e. The summed E-state index contributed by atoms with van der Waals surface area (Å²) in [4.78, 5) is 46.3. The molecule has 2 N–H and O–H groups in total. The highest BCUT2D eigenvalue weighted by atomic mass is 16.7. The number of aliphatic hydroxyl groups excluding tert-OH is 1. The van der Waals surface area contributed by atoms with Gasteiger partial charge in [0.1, 0.15) is 0 Å². The van der Waals surface area contributed by atoms with Gasteiger partial charge >= 0.3 is 23.9 Å². The lowest BCUT2D eigenvalue weighted by molar-refractivity contribution is -0.290. The average molecular weight is 362 g/mol. The van der Waals surface area contributed by atoms with E-state index < -0.39 is 54.6 Å². The van der Waals surface area contributed by atoms with Crippen LogP contribution in [-0.2, 0) is 38.1 Å². The van der Waals surface area contributed by atoms with Crippen LogP contribution in [0.5, 0.6) is 0 Å². The van der Waals surface area contributed by atoms with Gasteiger partial charge in [0.25, 0.3) is 0 Å². The van der Waals surface area contributed by atoms with Crippen LogP contribution in [0.15, 0.2) is 0 Å². The molecule has 0 saturated carbocycles. The van der Waals surface area contributed by atoms with E-state index in [1.54, 1.807) is 0 Å². The molecule has 0 amide bonds. The van der Waals surface area contributed by atoms with Gasteiger partial charge in [-0.3, -0.25) is 14.4 Å². The van der Waals surface area contributed by atoms with Gasteiger partial charge in [-0.25, -0.2) is 4.79 Å². The van der Waals surface area contributed by atoms with E-state index in [0.717, 1.165) is 0 Å². The molecule has 0 aromatic rings. The topological polar surface area (TPSA) is 146 Å². The summed E-state index contributed by atoms with van der Waals surface area (Å²) in [6.45, 7) is 4.48. The highest BCUT2D eigenvalue weighted by Crippen LogP contribution is 2.28. The Bertz CT molecular complexity index is 516. The third-order valence-electron chi connectivity index (χ3n) is 3.43. The standard InChI is InChI=1S/C15H22O10/c1-4-7(16)22-10-11(23-8(17)5-2)13(24-9(18)6-3)15(21)25-12(10)14(19)20/h10-13,15,21H,4-6H2,1-3H3,(H,19,20)/t10-,11-,12-,13+,15?/m0/s1. The fourth-order valence-corrected chi connectivity index (χ4v) is 2.12. The van der Waals surface area contributed by atoms with Crippen LogP contribution in [0.2, 0.25) is 0 Å². The van der Waals surface area contributed by atoms with Crippen molar-refractivity contribution < 1.29 is 48.3 Å². The molecule has 142 valence electrons. The number of hydrogen-bond donors (Lipinski definition) is 2. The first-order chi connectivity index (χ1) is 11.7. The van der Waals surface area contributed by atoms with Crippen molar-refractivity contribution >= 4 is 23.9 Å². The molecule has 1 unspecified atom stereocenters. The van der Waals surface area contributed by atoms with Gasteiger partial charge in [-0.2, -0.15) is 0 Å². The fourth-order valence-electron chi connectivity index (χ4n) is 2.12.